The molecule has 0 aromatic carbocycles. The van der Waals surface area contributed by atoms with Gasteiger partial charge in [-0.1, -0.05) is 6.07 Å². The molecule has 2 aromatic rings. The van der Waals surface area contributed by atoms with Gasteiger partial charge < -0.3 is 5.11 Å². The molecule has 72 valence electrons. The van der Waals surface area contributed by atoms with Crippen molar-refractivity contribution in [3.63, 3.8) is 0 Å². The number of aryl methyl sites for hydroxylation is 1. The SMILES string of the molecule is Cc1cnc(C(O)c2cccs2)cn1. The molecule has 0 aliphatic rings. The highest BCUT2D eigenvalue weighted by Crippen LogP contribution is 2.23. The third kappa shape index (κ3) is 1.81. The summed E-state index contributed by atoms with van der Waals surface area (Å²) in [5.74, 6) is 0. The van der Waals surface area contributed by atoms with Crippen LogP contribution < -0.4 is 0 Å². The fourth-order valence-electron chi connectivity index (χ4n) is 1.14. The maximum atomic E-state index is 9.88. The number of nitrogens with zero attached hydrogens (tertiary/aromatic N) is 2. The van der Waals surface area contributed by atoms with Crippen LogP contribution in [0.1, 0.15) is 22.4 Å². The maximum Gasteiger partial charge on any atom is 0.132 e. The van der Waals surface area contributed by atoms with Crippen molar-refractivity contribution in [3.05, 3.63) is 46.2 Å². The molecule has 1 unspecified atom stereocenters. The third-order valence-electron chi connectivity index (χ3n) is 1.89. The molecule has 0 radical (unpaired) electrons. The first kappa shape index (κ1) is 9.30. The zero-order valence-electron chi connectivity index (χ0n) is 7.71. The van der Waals surface area contributed by atoms with Gasteiger partial charge in [0.25, 0.3) is 0 Å². The molecule has 14 heavy (non-hydrogen) atoms. The number of aliphatic hydroxyl groups excluding tert-OH is 1. The molecule has 2 aromatic heterocycles. The van der Waals surface area contributed by atoms with E-state index in [2.05, 4.69) is 9.97 Å². The molecular formula is C10H10N2OS. The molecule has 0 saturated heterocycles. The fraction of sp³-hybridized carbons (Fsp3) is 0.200. The van der Waals surface area contributed by atoms with Gasteiger partial charge in [-0.3, -0.25) is 9.97 Å². The topological polar surface area (TPSA) is 46.0 Å². The van der Waals surface area contributed by atoms with Crippen LogP contribution in [0.2, 0.25) is 0 Å². The van der Waals surface area contributed by atoms with Crippen LogP contribution in [-0.4, -0.2) is 15.1 Å². The van der Waals surface area contributed by atoms with Crippen LogP contribution in [-0.2, 0) is 0 Å². The fourth-order valence-corrected chi connectivity index (χ4v) is 1.86. The molecule has 0 amide bonds. The Hall–Kier alpha value is -1.26. The van der Waals surface area contributed by atoms with Gasteiger partial charge in [-0.25, -0.2) is 0 Å². The second-order valence-electron chi connectivity index (χ2n) is 3.00. The van der Waals surface area contributed by atoms with E-state index in [1.165, 1.54) is 11.3 Å². The molecule has 2 rings (SSSR count). The second kappa shape index (κ2) is 3.86. The summed E-state index contributed by atoms with van der Waals surface area (Å²) < 4.78 is 0. The van der Waals surface area contributed by atoms with Crippen molar-refractivity contribution in [2.24, 2.45) is 0 Å². The summed E-state index contributed by atoms with van der Waals surface area (Å²) in [6, 6.07) is 3.79. The standard InChI is InChI=1S/C10H10N2OS/c1-7-5-12-8(6-11-7)10(13)9-3-2-4-14-9/h2-6,10,13H,1H3. The average Bonchev–Trinajstić information content (AvgIpc) is 2.71. The van der Waals surface area contributed by atoms with Crippen LogP contribution >= 0.6 is 11.3 Å². The summed E-state index contributed by atoms with van der Waals surface area (Å²) in [4.78, 5) is 9.11. The molecule has 2 heterocycles. The normalized spacial score (nSPS) is 12.7. The highest BCUT2D eigenvalue weighted by Gasteiger charge is 2.12. The molecule has 0 bridgehead atoms. The first-order valence-corrected chi connectivity index (χ1v) is 5.15. The number of hydrogen-bond acceptors (Lipinski definition) is 4. The average molecular weight is 206 g/mol. The predicted octanol–water partition coefficient (Wildman–Crippen LogP) is 1.93. The van der Waals surface area contributed by atoms with E-state index in [-0.39, 0.29) is 0 Å². The van der Waals surface area contributed by atoms with E-state index in [9.17, 15) is 5.11 Å². The Labute approximate surface area is 86.1 Å². The summed E-state index contributed by atoms with van der Waals surface area (Å²) in [5.41, 5.74) is 1.45. The Kier molecular flexibility index (Phi) is 2.56. The van der Waals surface area contributed by atoms with Gasteiger partial charge in [0.2, 0.25) is 0 Å². The second-order valence-corrected chi connectivity index (χ2v) is 3.98. The van der Waals surface area contributed by atoms with Gasteiger partial charge >= 0.3 is 0 Å². The summed E-state index contributed by atoms with van der Waals surface area (Å²) in [6.07, 6.45) is 2.62. The van der Waals surface area contributed by atoms with Crippen LogP contribution in [0.4, 0.5) is 0 Å². The number of hydrogen-bond donors (Lipinski definition) is 1. The molecular weight excluding hydrogens is 196 g/mol. The van der Waals surface area contributed by atoms with Gasteiger partial charge in [0, 0.05) is 11.1 Å². The molecule has 4 heteroatoms. The lowest BCUT2D eigenvalue weighted by Crippen LogP contribution is -2.01. The van der Waals surface area contributed by atoms with Crippen LogP contribution in [0.3, 0.4) is 0 Å². The highest BCUT2D eigenvalue weighted by molar-refractivity contribution is 7.10. The molecule has 0 saturated carbocycles. The van der Waals surface area contributed by atoms with Crippen LogP contribution in [0.25, 0.3) is 0 Å². The lowest BCUT2D eigenvalue weighted by molar-refractivity contribution is 0.218. The van der Waals surface area contributed by atoms with Gasteiger partial charge in [-0.05, 0) is 18.4 Å². The minimum absolute atomic E-state index is 0.595. The van der Waals surface area contributed by atoms with Crippen LogP contribution in [0.15, 0.2) is 29.9 Å². The number of thiophene rings is 1. The molecule has 3 nitrogen and oxygen atoms in total. The number of rotatable bonds is 2. The van der Waals surface area contributed by atoms with E-state index >= 15 is 0 Å². The Bertz CT molecular complexity index is 397. The smallest absolute Gasteiger partial charge is 0.132 e. The van der Waals surface area contributed by atoms with Gasteiger partial charge in [-0.15, -0.1) is 11.3 Å². The zero-order chi connectivity index (χ0) is 9.97. The Balaban J connectivity index is 2.28. The number of aromatic nitrogens is 2. The monoisotopic (exact) mass is 206 g/mol. The van der Waals surface area contributed by atoms with Crippen LogP contribution in [0, 0.1) is 6.92 Å². The first-order valence-electron chi connectivity index (χ1n) is 4.27. The Morgan fingerprint density at radius 2 is 2.21 bits per heavy atom. The molecule has 0 fully saturated rings. The van der Waals surface area contributed by atoms with Crippen molar-refractivity contribution < 1.29 is 5.11 Å². The molecule has 0 aliphatic carbocycles. The minimum Gasteiger partial charge on any atom is -0.381 e. The van der Waals surface area contributed by atoms with Crippen molar-refractivity contribution in [1.29, 1.82) is 0 Å². The summed E-state index contributed by atoms with van der Waals surface area (Å²) in [5, 5.41) is 11.8. The largest absolute Gasteiger partial charge is 0.381 e. The van der Waals surface area contributed by atoms with E-state index in [0.717, 1.165) is 10.6 Å². The summed E-state index contributed by atoms with van der Waals surface area (Å²) in [6.45, 7) is 1.87. The van der Waals surface area contributed by atoms with Crippen molar-refractivity contribution in [1.82, 2.24) is 9.97 Å². The van der Waals surface area contributed by atoms with Crippen molar-refractivity contribution in [2.45, 2.75) is 13.0 Å². The van der Waals surface area contributed by atoms with Crippen molar-refractivity contribution >= 4 is 11.3 Å². The van der Waals surface area contributed by atoms with E-state index in [0.29, 0.717) is 5.69 Å². The lowest BCUT2D eigenvalue weighted by atomic mass is 10.2. The highest BCUT2D eigenvalue weighted by atomic mass is 32.1. The third-order valence-corrected chi connectivity index (χ3v) is 2.82. The van der Waals surface area contributed by atoms with Gasteiger partial charge in [-0.2, -0.15) is 0 Å². The number of aliphatic hydroxyl groups is 1. The molecule has 1 N–H and O–H groups in total. The minimum atomic E-state index is -0.650. The van der Waals surface area contributed by atoms with E-state index < -0.39 is 6.10 Å². The molecule has 0 aliphatic heterocycles. The zero-order valence-corrected chi connectivity index (χ0v) is 8.53. The Morgan fingerprint density at radius 3 is 2.79 bits per heavy atom. The lowest BCUT2D eigenvalue weighted by Gasteiger charge is -2.06. The van der Waals surface area contributed by atoms with Crippen LogP contribution in [0.5, 0.6) is 0 Å². The summed E-state index contributed by atoms with van der Waals surface area (Å²) in [7, 11) is 0. The van der Waals surface area contributed by atoms with Gasteiger partial charge in [0.15, 0.2) is 0 Å². The van der Waals surface area contributed by atoms with E-state index in [4.69, 9.17) is 0 Å². The Morgan fingerprint density at radius 1 is 1.36 bits per heavy atom. The molecule has 1 atom stereocenters. The van der Waals surface area contributed by atoms with Gasteiger partial charge in [0.05, 0.1) is 17.6 Å². The first-order chi connectivity index (χ1) is 6.77. The summed E-state index contributed by atoms with van der Waals surface area (Å²) >= 11 is 1.51. The quantitative estimate of drug-likeness (QED) is 0.816. The van der Waals surface area contributed by atoms with Gasteiger partial charge in [0.1, 0.15) is 6.10 Å². The van der Waals surface area contributed by atoms with Crippen molar-refractivity contribution in [3.8, 4) is 0 Å². The molecule has 0 spiro atoms. The predicted molar refractivity (Wildman–Crippen MR) is 55.1 cm³/mol. The van der Waals surface area contributed by atoms with E-state index in [1.54, 1.807) is 12.4 Å². The van der Waals surface area contributed by atoms with Crippen molar-refractivity contribution in [2.75, 3.05) is 0 Å². The maximum absolute atomic E-state index is 9.88. The van der Waals surface area contributed by atoms with E-state index in [1.807, 2.05) is 24.4 Å².